The van der Waals surface area contributed by atoms with E-state index in [0.717, 1.165) is 5.75 Å². The zero-order valence-electron chi connectivity index (χ0n) is 9.68. The molecule has 0 saturated carbocycles. The first-order valence-electron chi connectivity index (χ1n) is 5.48. The lowest BCUT2D eigenvalue weighted by Gasteiger charge is -2.24. The minimum Gasteiger partial charge on any atom is -0.540 e. The minimum atomic E-state index is -1.82. The molecule has 0 saturated heterocycles. The van der Waals surface area contributed by atoms with Crippen molar-refractivity contribution < 1.29 is 4.43 Å². The third-order valence-electron chi connectivity index (χ3n) is 2.59. The van der Waals surface area contributed by atoms with Crippen LogP contribution in [0.3, 0.4) is 0 Å². The molecule has 0 atom stereocenters. The largest absolute Gasteiger partial charge is 0.540 e. The van der Waals surface area contributed by atoms with Gasteiger partial charge in [0.1, 0.15) is 5.75 Å². The first kappa shape index (κ1) is 11.0. The SMILES string of the molecule is C[Si](C)(Oc1ccccc1)c1ccccc1. The van der Waals surface area contributed by atoms with E-state index in [2.05, 4.69) is 37.4 Å². The summed E-state index contributed by atoms with van der Waals surface area (Å²) in [5.74, 6) is 0.961. The van der Waals surface area contributed by atoms with Gasteiger partial charge in [-0.3, -0.25) is 0 Å². The minimum absolute atomic E-state index is 0.961. The van der Waals surface area contributed by atoms with Crippen LogP contribution in [0.15, 0.2) is 60.7 Å². The summed E-state index contributed by atoms with van der Waals surface area (Å²) in [4.78, 5) is 0. The first-order valence-corrected chi connectivity index (χ1v) is 8.39. The average molecular weight is 228 g/mol. The Hall–Kier alpha value is -1.54. The van der Waals surface area contributed by atoms with E-state index in [4.69, 9.17) is 4.43 Å². The Morgan fingerprint density at radius 1 is 0.750 bits per heavy atom. The van der Waals surface area contributed by atoms with Crippen LogP contribution in [0.4, 0.5) is 0 Å². The van der Waals surface area contributed by atoms with Gasteiger partial charge in [-0.15, -0.1) is 0 Å². The van der Waals surface area contributed by atoms with Crippen molar-refractivity contribution in [2.24, 2.45) is 0 Å². The number of hydrogen-bond donors (Lipinski definition) is 0. The van der Waals surface area contributed by atoms with Gasteiger partial charge in [-0.25, -0.2) is 0 Å². The van der Waals surface area contributed by atoms with Crippen molar-refractivity contribution in [3.8, 4) is 5.75 Å². The molecule has 1 nitrogen and oxygen atoms in total. The average Bonchev–Trinajstić information content (AvgIpc) is 2.31. The summed E-state index contributed by atoms with van der Waals surface area (Å²) < 4.78 is 6.13. The van der Waals surface area contributed by atoms with Crippen molar-refractivity contribution in [1.29, 1.82) is 0 Å². The molecule has 0 N–H and O–H groups in total. The van der Waals surface area contributed by atoms with E-state index in [9.17, 15) is 0 Å². The summed E-state index contributed by atoms with van der Waals surface area (Å²) in [6.07, 6.45) is 0. The molecule has 0 bridgehead atoms. The zero-order chi connectivity index (χ0) is 11.4. The summed E-state index contributed by atoms with van der Waals surface area (Å²) in [5, 5.41) is 1.32. The van der Waals surface area contributed by atoms with Crippen LogP contribution in [0.5, 0.6) is 5.75 Å². The molecule has 0 aliphatic carbocycles. The lowest BCUT2D eigenvalue weighted by atomic mass is 10.3. The van der Waals surface area contributed by atoms with Gasteiger partial charge in [0.05, 0.1) is 0 Å². The standard InChI is InChI=1S/C14H16OSi/c1-16(2,14-11-7-4-8-12-14)15-13-9-5-3-6-10-13/h3-12H,1-2H3. The first-order chi connectivity index (χ1) is 7.68. The molecule has 2 aromatic carbocycles. The van der Waals surface area contributed by atoms with Gasteiger partial charge in [-0.1, -0.05) is 48.5 Å². The molecule has 2 aromatic rings. The zero-order valence-corrected chi connectivity index (χ0v) is 10.7. The van der Waals surface area contributed by atoms with Crippen LogP contribution in [0.25, 0.3) is 0 Å². The fraction of sp³-hybridized carbons (Fsp3) is 0.143. The predicted molar refractivity (Wildman–Crippen MR) is 70.6 cm³/mol. The maximum Gasteiger partial charge on any atom is 0.276 e. The lowest BCUT2D eigenvalue weighted by molar-refractivity contribution is 0.564. The van der Waals surface area contributed by atoms with E-state index in [1.807, 2.05) is 36.4 Å². The second-order valence-electron chi connectivity index (χ2n) is 4.29. The smallest absolute Gasteiger partial charge is 0.276 e. The van der Waals surface area contributed by atoms with Crippen LogP contribution < -0.4 is 9.61 Å². The fourth-order valence-corrected chi connectivity index (χ4v) is 3.52. The Bertz CT molecular complexity index is 437. The van der Waals surface area contributed by atoms with Gasteiger partial charge in [0.15, 0.2) is 0 Å². The van der Waals surface area contributed by atoms with Crippen molar-refractivity contribution in [2.45, 2.75) is 13.1 Å². The number of hydrogen-bond acceptors (Lipinski definition) is 1. The van der Waals surface area contributed by atoms with Crippen LogP contribution in [-0.2, 0) is 0 Å². The third kappa shape index (κ3) is 2.52. The van der Waals surface area contributed by atoms with Gasteiger partial charge in [0.2, 0.25) is 0 Å². The normalized spacial score (nSPS) is 11.1. The topological polar surface area (TPSA) is 9.23 Å². The third-order valence-corrected chi connectivity index (χ3v) is 5.05. The molecular formula is C14H16OSi. The quantitative estimate of drug-likeness (QED) is 0.733. The predicted octanol–water partition coefficient (Wildman–Crippen LogP) is 3.18. The van der Waals surface area contributed by atoms with Gasteiger partial charge in [0, 0.05) is 0 Å². The molecule has 0 heterocycles. The van der Waals surface area contributed by atoms with E-state index in [1.54, 1.807) is 0 Å². The van der Waals surface area contributed by atoms with E-state index in [-0.39, 0.29) is 0 Å². The van der Waals surface area contributed by atoms with Gasteiger partial charge in [-0.05, 0) is 30.4 Å². The van der Waals surface area contributed by atoms with Crippen LogP contribution in [0.2, 0.25) is 13.1 Å². The summed E-state index contributed by atoms with van der Waals surface area (Å²) >= 11 is 0. The van der Waals surface area contributed by atoms with Crippen LogP contribution in [0, 0.1) is 0 Å². The second kappa shape index (κ2) is 4.54. The number of rotatable bonds is 3. The van der Waals surface area contributed by atoms with Gasteiger partial charge < -0.3 is 4.43 Å². The number of para-hydroxylation sites is 1. The molecule has 0 radical (unpaired) electrons. The second-order valence-corrected chi connectivity index (χ2v) is 8.09. The van der Waals surface area contributed by atoms with Crippen LogP contribution in [0.1, 0.15) is 0 Å². The van der Waals surface area contributed by atoms with E-state index in [0.29, 0.717) is 0 Å². The van der Waals surface area contributed by atoms with Crippen molar-refractivity contribution >= 4 is 13.5 Å². The highest BCUT2D eigenvalue weighted by Gasteiger charge is 2.26. The van der Waals surface area contributed by atoms with Gasteiger partial charge in [-0.2, -0.15) is 0 Å². The molecule has 0 spiro atoms. The van der Waals surface area contributed by atoms with Crippen LogP contribution in [-0.4, -0.2) is 8.32 Å². The van der Waals surface area contributed by atoms with E-state index in [1.165, 1.54) is 5.19 Å². The summed E-state index contributed by atoms with van der Waals surface area (Å²) in [7, 11) is -1.82. The highest BCUT2D eigenvalue weighted by molar-refractivity contribution is 6.84. The molecule has 0 fully saturated rings. The Kier molecular flexibility index (Phi) is 3.11. The molecule has 82 valence electrons. The Balaban J connectivity index is 2.21. The summed E-state index contributed by atoms with van der Waals surface area (Å²) in [6.45, 7) is 4.44. The molecule has 0 amide bonds. The van der Waals surface area contributed by atoms with E-state index < -0.39 is 8.32 Å². The Morgan fingerprint density at radius 3 is 1.81 bits per heavy atom. The summed E-state index contributed by atoms with van der Waals surface area (Å²) in [5.41, 5.74) is 0. The number of benzene rings is 2. The molecule has 16 heavy (non-hydrogen) atoms. The maximum absolute atomic E-state index is 6.13. The van der Waals surface area contributed by atoms with Crippen molar-refractivity contribution in [3.05, 3.63) is 60.7 Å². The van der Waals surface area contributed by atoms with E-state index >= 15 is 0 Å². The maximum atomic E-state index is 6.13. The van der Waals surface area contributed by atoms with Crippen LogP contribution >= 0.6 is 0 Å². The van der Waals surface area contributed by atoms with Crippen molar-refractivity contribution in [1.82, 2.24) is 0 Å². The van der Waals surface area contributed by atoms with Crippen molar-refractivity contribution in [3.63, 3.8) is 0 Å². The molecule has 2 rings (SSSR count). The Labute approximate surface area is 97.8 Å². The van der Waals surface area contributed by atoms with Gasteiger partial charge in [0.25, 0.3) is 8.32 Å². The molecule has 0 unspecified atom stereocenters. The molecule has 0 aromatic heterocycles. The lowest BCUT2D eigenvalue weighted by Crippen LogP contribution is -2.47. The highest BCUT2D eigenvalue weighted by atomic mass is 28.4. The molecular weight excluding hydrogens is 212 g/mol. The molecule has 0 aliphatic heterocycles. The molecule has 2 heteroatoms. The van der Waals surface area contributed by atoms with Gasteiger partial charge >= 0.3 is 0 Å². The molecule has 0 aliphatic rings. The monoisotopic (exact) mass is 228 g/mol. The van der Waals surface area contributed by atoms with Crippen molar-refractivity contribution in [2.75, 3.05) is 0 Å². The summed E-state index contributed by atoms with van der Waals surface area (Å²) in [6, 6.07) is 20.5. The fourth-order valence-electron chi connectivity index (χ4n) is 1.68. The Morgan fingerprint density at radius 2 is 1.25 bits per heavy atom. The highest BCUT2D eigenvalue weighted by Crippen LogP contribution is 2.15.